The van der Waals surface area contributed by atoms with Gasteiger partial charge in [0.1, 0.15) is 11.6 Å². The van der Waals surface area contributed by atoms with Gasteiger partial charge in [-0.1, -0.05) is 0 Å². The average molecular weight is 361 g/mol. The summed E-state index contributed by atoms with van der Waals surface area (Å²) in [6, 6.07) is 11.8. The van der Waals surface area contributed by atoms with Crippen molar-refractivity contribution in [2.75, 3.05) is 12.8 Å². The molecular weight excluding hydrogens is 345 g/mol. The largest absolute Gasteiger partial charge is 0.493 e. The zero-order valence-electron chi connectivity index (χ0n) is 14.5. The molecule has 0 fully saturated rings. The summed E-state index contributed by atoms with van der Waals surface area (Å²) in [4.78, 5) is 13.0. The van der Waals surface area contributed by atoms with Gasteiger partial charge in [-0.3, -0.25) is 9.55 Å². The van der Waals surface area contributed by atoms with Gasteiger partial charge >= 0.3 is 0 Å². The van der Waals surface area contributed by atoms with E-state index in [0.717, 1.165) is 16.8 Å². The van der Waals surface area contributed by atoms with E-state index in [9.17, 15) is 4.39 Å². The highest BCUT2D eigenvalue weighted by molar-refractivity contribution is 5.69. The van der Waals surface area contributed by atoms with Crippen LogP contribution in [-0.4, -0.2) is 26.6 Å². The van der Waals surface area contributed by atoms with Crippen LogP contribution in [0, 0.1) is 5.82 Å². The van der Waals surface area contributed by atoms with E-state index in [1.165, 1.54) is 19.2 Å². The first-order valence-electron chi connectivity index (χ1n) is 8.21. The van der Waals surface area contributed by atoms with Crippen LogP contribution >= 0.6 is 0 Å². The number of rotatable bonds is 4. The number of hydrogen-bond donors (Lipinski definition) is 1. The molecule has 0 bridgehead atoms. The van der Waals surface area contributed by atoms with Crippen LogP contribution < -0.4 is 10.5 Å². The summed E-state index contributed by atoms with van der Waals surface area (Å²) in [5, 5.41) is 0. The number of aromatic nitrogens is 4. The Bertz CT molecular complexity index is 1080. The Balaban J connectivity index is 1.90. The minimum Gasteiger partial charge on any atom is -0.493 e. The maximum atomic E-state index is 13.3. The molecule has 0 atom stereocenters. The smallest absolute Gasteiger partial charge is 0.166 e. The molecule has 4 rings (SSSR count). The van der Waals surface area contributed by atoms with E-state index >= 15 is 0 Å². The highest BCUT2D eigenvalue weighted by Crippen LogP contribution is 2.30. The second kappa shape index (κ2) is 6.87. The van der Waals surface area contributed by atoms with Crippen LogP contribution in [0.3, 0.4) is 0 Å². The summed E-state index contributed by atoms with van der Waals surface area (Å²) in [5.74, 6) is 1.15. The number of nitrogens with zero attached hydrogens (tertiary/aromatic N) is 4. The third-order valence-electron chi connectivity index (χ3n) is 4.15. The summed E-state index contributed by atoms with van der Waals surface area (Å²) in [5.41, 5.74) is 8.97. The van der Waals surface area contributed by atoms with Gasteiger partial charge in [0.05, 0.1) is 18.5 Å². The fraction of sp³-hybridized carbons (Fsp3) is 0.0500. The molecule has 0 aliphatic heterocycles. The molecule has 3 aromatic heterocycles. The lowest BCUT2D eigenvalue weighted by atomic mass is 10.2. The maximum absolute atomic E-state index is 13.3. The molecule has 0 amide bonds. The molecule has 0 saturated carbocycles. The van der Waals surface area contributed by atoms with E-state index in [1.807, 2.05) is 22.9 Å². The maximum Gasteiger partial charge on any atom is 0.166 e. The van der Waals surface area contributed by atoms with Crippen molar-refractivity contribution in [3.8, 4) is 34.1 Å². The Hall–Kier alpha value is -3.74. The summed E-state index contributed by atoms with van der Waals surface area (Å²) < 4.78 is 20.5. The Morgan fingerprint density at radius 1 is 1.04 bits per heavy atom. The predicted molar refractivity (Wildman–Crippen MR) is 101 cm³/mol. The zero-order valence-corrected chi connectivity index (χ0v) is 14.5. The lowest BCUT2D eigenvalue weighted by molar-refractivity contribution is 0.415. The monoisotopic (exact) mass is 361 g/mol. The van der Waals surface area contributed by atoms with Crippen LogP contribution in [0.2, 0.25) is 0 Å². The number of hydrogen-bond acceptors (Lipinski definition) is 5. The lowest BCUT2D eigenvalue weighted by Gasteiger charge is -2.09. The zero-order chi connectivity index (χ0) is 18.8. The van der Waals surface area contributed by atoms with Gasteiger partial charge in [-0.2, -0.15) is 0 Å². The van der Waals surface area contributed by atoms with Crippen molar-refractivity contribution in [1.29, 1.82) is 0 Å². The predicted octanol–water partition coefficient (Wildman–Crippen LogP) is 3.73. The average Bonchev–Trinajstić information content (AvgIpc) is 3.15. The topological polar surface area (TPSA) is 78.8 Å². The van der Waals surface area contributed by atoms with Crippen molar-refractivity contribution in [2.45, 2.75) is 0 Å². The van der Waals surface area contributed by atoms with Crippen LogP contribution in [0.25, 0.3) is 28.3 Å². The van der Waals surface area contributed by atoms with Crippen LogP contribution in [0.5, 0.6) is 5.75 Å². The summed E-state index contributed by atoms with van der Waals surface area (Å²) in [7, 11) is 1.54. The number of ether oxygens (including phenoxy) is 1. The number of pyridine rings is 2. The number of methoxy groups -OCH3 is 1. The van der Waals surface area contributed by atoms with Gasteiger partial charge in [-0.15, -0.1) is 0 Å². The Labute approximate surface area is 155 Å². The quantitative estimate of drug-likeness (QED) is 0.599. The molecule has 6 nitrogen and oxygen atoms in total. The van der Waals surface area contributed by atoms with Gasteiger partial charge in [0.15, 0.2) is 11.6 Å². The molecular formula is C20H16FN5O. The Morgan fingerprint density at radius 2 is 1.78 bits per heavy atom. The Morgan fingerprint density at radius 3 is 2.48 bits per heavy atom. The van der Waals surface area contributed by atoms with Gasteiger partial charge in [0, 0.05) is 35.9 Å². The van der Waals surface area contributed by atoms with Crippen LogP contribution in [-0.2, 0) is 0 Å². The molecule has 0 radical (unpaired) electrons. The number of halogens is 1. The van der Waals surface area contributed by atoms with Crippen molar-refractivity contribution < 1.29 is 9.13 Å². The van der Waals surface area contributed by atoms with Gasteiger partial charge in [-0.25, -0.2) is 14.4 Å². The molecule has 7 heteroatoms. The molecule has 134 valence electrons. The number of anilines is 1. The molecule has 1 aromatic carbocycles. The van der Waals surface area contributed by atoms with E-state index in [2.05, 4.69) is 9.97 Å². The number of benzene rings is 1. The standard InChI is InChI=1S/C20H16FN5O/c1-27-18-10-14(11-24-19(18)22)20-25-17(13-2-4-15(21)5-3-13)12-26(20)16-6-8-23-9-7-16/h2-12H,1H3,(H2,22,24). The highest BCUT2D eigenvalue weighted by Gasteiger charge is 2.15. The third kappa shape index (κ3) is 3.22. The van der Waals surface area contributed by atoms with E-state index in [4.69, 9.17) is 15.5 Å². The van der Waals surface area contributed by atoms with Crippen molar-refractivity contribution in [3.05, 3.63) is 73.1 Å². The number of nitrogen functional groups attached to an aromatic ring is 1. The fourth-order valence-electron chi connectivity index (χ4n) is 2.79. The Kier molecular flexibility index (Phi) is 4.25. The van der Waals surface area contributed by atoms with E-state index in [0.29, 0.717) is 23.1 Å². The van der Waals surface area contributed by atoms with Gasteiger partial charge in [-0.05, 0) is 42.5 Å². The van der Waals surface area contributed by atoms with E-state index in [-0.39, 0.29) is 5.82 Å². The first-order valence-corrected chi connectivity index (χ1v) is 8.21. The molecule has 3 heterocycles. The molecule has 0 saturated heterocycles. The molecule has 2 N–H and O–H groups in total. The normalized spacial score (nSPS) is 10.7. The van der Waals surface area contributed by atoms with Crippen molar-refractivity contribution in [1.82, 2.24) is 19.5 Å². The van der Waals surface area contributed by atoms with Gasteiger partial charge < -0.3 is 10.5 Å². The molecule has 0 aliphatic rings. The molecule has 0 spiro atoms. The molecule has 0 unspecified atom stereocenters. The van der Waals surface area contributed by atoms with Crippen LogP contribution in [0.1, 0.15) is 0 Å². The van der Waals surface area contributed by atoms with Crippen molar-refractivity contribution >= 4 is 5.82 Å². The number of imidazole rings is 1. The summed E-state index contributed by atoms with van der Waals surface area (Å²) in [6.45, 7) is 0. The molecule has 4 aromatic rings. The van der Waals surface area contributed by atoms with Crippen LogP contribution in [0.4, 0.5) is 10.2 Å². The van der Waals surface area contributed by atoms with Gasteiger partial charge in [0.2, 0.25) is 0 Å². The van der Waals surface area contributed by atoms with E-state index < -0.39 is 0 Å². The minimum absolute atomic E-state index is 0.292. The minimum atomic E-state index is -0.292. The summed E-state index contributed by atoms with van der Waals surface area (Å²) >= 11 is 0. The second-order valence-electron chi connectivity index (χ2n) is 5.84. The second-order valence-corrected chi connectivity index (χ2v) is 5.84. The lowest BCUT2D eigenvalue weighted by Crippen LogP contribution is -1.99. The third-order valence-corrected chi connectivity index (χ3v) is 4.15. The molecule has 27 heavy (non-hydrogen) atoms. The van der Waals surface area contributed by atoms with Gasteiger partial charge in [0.25, 0.3) is 0 Å². The van der Waals surface area contributed by atoms with Crippen LogP contribution in [0.15, 0.2) is 67.3 Å². The highest BCUT2D eigenvalue weighted by atomic mass is 19.1. The fourth-order valence-corrected chi connectivity index (χ4v) is 2.79. The van der Waals surface area contributed by atoms with Crippen molar-refractivity contribution in [2.24, 2.45) is 0 Å². The van der Waals surface area contributed by atoms with E-state index in [1.54, 1.807) is 36.8 Å². The summed E-state index contributed by atoms with van der Waals surface area (Å²) in [6.07, 6.45) is 6.95. The first-order chi connectivity index (χ1) is 13.2. The first kappa shape index (κ1) is 16.7. The SMILES string of the molecule is COc1cc(-c2nc(-c3ccc(F)cc3)cn2-c2ccncc2)cnc1N. The van der Waals surface area contributed by atoms with Crippen molar-refractivity contribution in [3.63, 3.8) is 0 Å². The molecule has 0 aliphatic carbocycles. The number of nitrogens with two attached hydrogens (primary N) is 1.